The van der Waals surface area contributed by atoms with Gasteiger partial charge in [-0.05, 0) is 36.1 Å². The second-order valence-electron chi connectivity index (χ2n) is 10.3. The van der Waals surface area contributed by atoms with E-state index < -0.39 is 34.2 Å². The highest BCUT2D eigenvalue weighted by atomic mass is 16.6. The Morgan fingerprint density at radius 3 is 1.26 bits per heavy atom. The molecule has 4 rings (SSSR count). The summed E-state index contributed by atoms with van der Waals surface area (Å²) in [5.41, 5.74) is 1.48. The van der Waals surface area contributed by atoms with E-state index in [9.17, 15) is 29.8 Å². The van der Waals surface area contributed by atoms with E-state index in [0.29, 0.717) is 37.1 Å². The fourth-order valence-electron chi connectivity index (χ4n) is 4.91. The molecule has 0 saturated heterocycles. The van der Waals surface area contributed by atoms with Crippen LogP contribution in [0.4, 0.5) is 21.0 Å². The Morgan fingerprint density at radius 2 is 0.891 bits per heavy atom. The molecule has 2 atom stereocenters. The van der Waals surface area contributed by atoms with Crippen molar-refractivity contribution in [1.29, 1.82) is 0 Å². The Labute approximate surface area is 265 Å². The van der Waals surface area contributed by atoms with Gasteiger partial charge in [-0.2, -0.15) is 0 Å². The first kappa shape index (κ1) is 33.1. The highest BCUT2D eigenvalue weighted by Gasteiger charge is 2.28. The first-order valence-corrected chi connectivity index (χ1v) is 14.8. The van der Waals surface area contributed by atoms with Crippen molar-refractivity contribution in [2.75, 3.05) is 13.1 Å². The van der Waals surface area contributed by atoms with Crippen molar-refractivity contribution in [2.45, 2.75) is 37.9 Å². The molecule has 0 heterocycles. The number of carbonyl (C=O) groups excluding carboxylic acids is 2. The maximum Gasteiger partial charge on any atom is 0.408 e. The Bertz CT molecular complexity index is 1500. The molecule has 0 aliphatic rings. The number of nitro groups is 2. The molecule has 0 fully saturated rings. The number of para-hydroxylation sites is 2. The van der Waals surface area contributed by atoms with Gasteiger partial charge in [0.2, 0.25) is 0 Å². The molecule has 0 radical (unpaired) electrons. The molecule has 2 unspecified atom stereocenters. The first-order valence-electron chi connectivity index (χ1n) is 14.8. The molecule has 2 amide bonds. The number of rotatable bonds is 15. The summed E-state index contributed by atoms with van der Waals surface area (Å²) in [4.78, 5) is 47.5. The lowest BCUT2D eigenvalue weighted by atomic mass is 10.00. The number of nitro benzene ring substituents is 2. The quantitative estimate of drug-likeness (QED) is 0.0783. The molecule has 2 N–H and O–H groups in total. The van der Waals surface area contributed by atoms with Gasteiger partial charge in [0, 0.05) is 25.2 Å². The average Bonchev–Trinajstić information content (AvgIpc) is 3.08. The van der Waals surface area contributed by atoms with Gasteiger partial charge in [0.1, 0.15) is 0 Å². The molecule has 12 heteroatoms. The molecule has 0 aromatic heterocycles. The summed E-state index contributed by atoms with van der Waals surface area (Å²) < 4.78 is 11.3. The zero-order chi connectivity index (χ0) is 32.7. The van der Waals surface area contributed by atoms with Crippen molar-refractivity contribution < 1.29 is 28.9 Å². The highest BCUT2D eigenvalue weighted by molar-refractivity contribution is 5.69. The fraction of sp³-hybridized carbons (Fsp3) is 0.235. The molecule has 12 nitrogen and oxygen atoms in total. The van der Waals surface area contributed by atoms with Crippen molar-refractivity contribution >= 4 is 23.6 Å². The number of nitrogens with one attached hydrogen (secondary N) is 2. The van der Waals surface area contributed by atoms with Gasteiger partial charge in [-0.25, -0.2) is 9.59 Å². The van der Waals surface area contributed by atoms with Crippen LogP contribution < -0.4 is 10.6 Å². The predicted octanol–water partition coefficient (Wildman–Crippen LogP) is 7.39. The van der Waals surface area contributed by atoms with Crippen molar-refractivity contribution in [1.82, 2.24) is 10.6 Å². The summed E-state index contributed by atoms with van der Waals surface area (Å²) in [5, 5.41) is 28.6. The van der Waals surface area contributed by atoms with Gasteiger partial charge in [-0.15, -0.1) is 0 Å². The molecule has 0 saturated carbocycles. The van der Waals surface area contributed by atoms with Crippen molar-refractivity contribution in [3.63, 3.8) is 0 Å². The number of alkyl carbamates (subject to hydrolysis) is 2. The van der Waals surface area contributed by atoms with Crippen LogP contribution in [0.15, 0.2) is 109 Å². The van der Waals surface area contributed by atoms with Crippen LogP contribution in [-0.2, 0) is 9.47 Å². The van der Waals surface area contributed by atoms with Gasteiger partial charge < -0.3 is 20.1 Å². The van der Waals surface area contributed by atoms with Gasteiger partial charge >= 0.3 is 12.2 Å². The van der Waals surface area contributed by atoms with Crippen LogP contribution in [0.3, 0.4) is 0 Å². The lowest BCUT2D eigenvalue weighted by molar-refractivity contribution is -0.386. The molecule has 238 valence electrons. The first-order chi connectivity index (χ1) is 22.3. The number of hydrogen-bond donors (Lipinski definition) is 2. The average molecular weight is 627 g/mol. The number of amides is 2. The molecule has 4 aromatic rings. The molecule has 46 heavy (non-hydrogen) atoms. The Morgan fingerprint density at radius 1 is 0.543 bits per heavy atom. The van der Waals surface area contributed by atoms with Crippen molar-refractivity contribution in [2.24, 2.45) is 0 Å². The zero-order valence-electron chi connectivity index (χ0n) is 25.0. The van der Waals surface area contributed by atoms with Crippen LogP contribution >= 0.6 is 0 Å². The van der Waals surface area contributed by atoms with Crippen molar-refractivity contribution in [3.05, 3.63) is 152 Å². The summed E-state index contributed by atoms with van der Waals surface area (Å²) in [5.74, 6) is 0. The molecule has 0 bridgehead atoms. The van der Waals surface area contributed by atoms with Crippen LogP contribution in [0.5, 0.6) is 0 Å². The third-order valence-electron chi connectivity index (χ3n) is 7.13. The van der Waals surface area contributed by atoms with Gasteiger partial charge in [-0.1, -0.05) is 97.8 Å². The minimum absolute atomic E-state index is 0.140. The molecular weight excluding hydrogens is 592 g/mol. The predicted molar refractivity (Wildman–Crippen MR) is 170 cm³/mol. The van der Waals surface area contributed by atoms with Crippen LogP contribution in [-0.4, -0.2) is 35.1 Å². The number of unbranched alkanes of at least 4 members (excludes halogenated alkanes) is 3. The van der Waals surface area contributed by atoms with E-state index in [1.54, 1.807) is 97.1 Å². The van der Waals surface area contributed by atoms with Gasteiger partial charge in [0.25, 0.3) is 11.4 Å². The second-order valence-corrected chi connectivity index (χ2v) is 10.3. The van der Waals surface area contributed by atoms with Gasteiger partial charge in [0.15, 0.2) is 12.2 Å². The highest BCUT2D eigenvalue weighted by Crippen LogP contribution is 2.34. The van der Waals surface area contributed by atoms with E-state index in [1.165, 1.54) is 12.1 Å². The molecule has 4 aromatic carbocycles. The maximum absolute atomic E-state index is 12.6. The molecule has 0 aliphatic carbocycles. The monoisotopic (exact) mass is 626 g/mol. The lowest BCUT2D eigenvalue weighted by Crippen LogP contribution is -2.28. The lowest BCUT2D eigenvalue weighted by Gasteiger charge is -2.19. The van der Waals surface area contributed by atoms with E-state index >= 15 is 0 Å². The van der Waals surface area contributed by atoms with Crippen molar-refractivity contribution in [3.8, 4) is 0 Å². The standard InChI is InChI=1S/C34H34N4O8/c39-33(45-31(25-15-5-3-6-16-25)27-19-9-11-21-29(27)37(41)42)35-23-13-1-2-14-24-36-34(40)46-32(26-17-7-4-8-18-26)28-20-10-12-22-30(28)38(43)44/h3-12,15-22,31-32H,1-2,13-14,23-24H2,(H,35,39)(H,36,40). The topological polar surface area (TPSA) is 163 Å². The number of benzene rings is 4. The molecular formula is C34H34N4O8. The van der Waals surface area contributed by atoms with Gasteiger partial charge in [-0.3, -0.25) is 20.2 Å². The van der Waals surface area contributed by atoms with E-state index in [-0.39, 0.29) is 22.5 Å². The minimum atomic E-state index is -0.955. The number of nitrogens with zero attached hydrogens (tertiary/aromatic N) is 2. The van der Waals surface area contributed by atoms with Crippen LogP contribution in [0.25, 0.3) is 0 Å². The van der Waals surface area contributed by atoms with Gasteiger partial charge in [0.05, 0.1) is 21.0 Å². The third-order valence-corrected chi connectivity index (χ3v) is 7.13. The van der Waals surface area contributed by atoms with E-state index in [4.69, 9.17) is 9.47 Å². The van der Waals surface area contributed by atoms with Crippen LogP contribution in [0.1, 0.15) is 60.1 Å². The zero-order valence-corrected chi connectivity index (χ0v) is 25.0. The summed E-state index contributed by atoms with van der Waals surface area (Å²) in [6.45, 7) is 0.669. The Kier molecular flexibility index (Phi) is 12.2. The number of ether oxygens (including phenoxy) is 2. The summed E-state index contributed by atoms with van der Waals surface area (Å²) in [7, 11) is 0. The maximum atomic E-state index is 12.6. The Balaban J connectivity index is 1.21. The summed E-state index contributed by atoms with van der Waals surface area (Å²) in [6, 6.07) is 30.0. The minimum Gasteiger partial charge on any atom is -0.436 e. The summed E-state index contributed by atoms with van der Waals surface area (Å²) >= 11 is 0. The molecule has 0 spiro atoms. The van der Waals surface area contributed by atoms with E-state index in [1.807, 2.05) is 0 Å². The fourth-order valence-corrected chi connectivity index (χ4v) is 4.91. The number of carbonyl (C=O) groups is 2. The van der Waals surface area contributed by atoms with Crippen LogP contribution in [0, 0.1) is 20.2 Å². The second kappa shape index (κ2) is 16.9. The Hall–Kier alpha value is -5.78. The number of hydrogen-bond acceptors (Lipinski definition) is 8. The van der Waals surface area contributed by atoms with E-state index in [0.717, 1.165) is 12.8 Å². The largest absolute Gasteiger partial charge is 0.436 e. The smallest absolute Gasteiger partial charge is 0.408 e. The normalized spacial score (nSPS) is 11.9. The third kappa shape index (κ3) is 9.36. The SMILES string of the molecule is O=C(NCCCCCCNC(=O)OC(c1ccccc1)c1ccccc1[N+](=O)[O-])OC(c1ccccc1)c1ccccc1[N+](=O)[O-]. The summed E-state index contributed by atoms with van der Waals surface area (Å²) in [6.07, 6.45) is -0.487. The van der Waals surface area contributed by atoms with E-state index in [2.05, 4.69) is 10.6 Å². The molecule has 0 aliphatic heterocycles. The van der Waals surface area contributed by atoms with Crippen LogP contribution in [0.2, 0.25) is 0 Å².